The fourth-order valence-electron chi connectivity index (χ4n) is 1.09. The number of hydrogen-bond donors (Lipinski definition) is 4. The molecule has 0 saturated carbocycles. The van der Waals surface area contributed by atoms with Gasteiger partial charge in [0, 0.05) is 25.6 Å². The van der Waals surface area contributed by atoms with Crippen LogP contribution in [0.1, 0.15) is 26.7 Å². The van der Waals surface area contributed by atoms with Gasteiger partial charge in [-0.25, -0.2) is 0 Å². The monoisotopic (exact) mass is 203 g/mol. The number of nitrogens with zero attached hydrogens (tertiary/aromatic N) is 1. The first-order chi connectivity index (χ1) is 6.63. The van der Waals surface area contributed by atoms with E-state index >= 15 is 0 Å². The average Bonchev–Trinajstić information content (AvgIpc) is 2.22. The minimum absolute atomic E-state index is 0.174. The highest BCUT2D eigenvalue weighted by Crippen LogP contribution is 1.99. The molecule has 0 aliphatic heterocycles. The van der Waals surface area contributed by atoms with Gasteiger partial charge in [-0.2, -0.15) is 0 Å². The lowest BCUT2D eigenvalue weighted by molar-refractivity contribution is 0.229. The highest BCUT2D eigenvalue weighted by atomic mass is 16.4. The van der Waals surface area contributed by atoms with Gasteiger partial charge < -0.3 is 21.4 Å². The number of nitrogens with one attached hydrogen (secondary N) is 1. The van der Waals surface area contributed by atoms with Crippen molar-refractivity contribution in [2.45, 2.75) is 32.7 Å². The summed E-state index contributed by atoms with van der Waals surface area (Å²) < 4.78 is 0. The van der Waals surface area contributed by atoms with Gasteiger partial charge in [-0.05, 0) is 12.3 Å². The summed E-state index contributed by atoms with van der Waals surface area (Å²) in [6.45, 7) is 4.91. The van der Waals surface area contributed by atoms with Crippen LogP contribution < -0.4 is 11.1 Å². The van der Waals surface area contributed by atoms with E-state index in [1.807, 2.05) is 13.8 Å². The molecule has 0 rings (SSSR count). The number of aliphatic hydroxyl groups is 1. The standard InChI is InChI=1S/C9H21N3O2/c1-3-8(4-9(10)12-14)11-5-7(2)6-13/h7-8,11,13-14H,3-6H2,1-2H3,(H2,10,12). The quantitative estimate of drug-likeness (QED) is 0.205. The van der Waals surface area contributed by atoms with Gasteiger partial charge in [0.05, 0.1) is 0 Å². The zero-order chi connectivity index (χ0) is 11.0. The number of aliphatic hydroxyl groups excluding tert-OH is 1. The summed E-state index contributed by atoms with van der Waals surface area (Å²) in [7, 11) is 0. The second-order valence-corrected chi connectivity index (χ2v) is 3.60. The predicted molar refractivity (Wildman–Crippen MR) is 56.4 cm³/mol. The van der Waals surface area contributed by atoms with Crippen molar-refractivity contribution in [1.82, 2.24) is 5.32 Å². The Morgan fingerprint density at radius 2 is 2.21 bits per heavy atom. The molecule has 0 aliphatic rings. The maximum atomic E-state index is 8.82. The van der Waals surface area contributed by atoms with Crippen molar-refractivity contribution in [2.75, 3.05) is 13.2 Å². The first-order valence-corrected chi connectivity index (χ1v) is 4.94. The van der Waals surface area contributed by atoms with Crippen molar-refractivity contribution in [3.05, 3.63) is 0 Å². The Morgan fingerprint density at radius 1 is 1.57 bits per heavy atom. The molecule has 5 nitrogen and oxygen atoms in total. The Hall–Kier alpha value is -0.810. The van der Waals surface area contributed by atoms with Crippen LogP contribution in [-0.2, 0) is 0 Å². The van der Waals surface area contributed by atoms with E-state index in [4.69, 9.17) is 16.0 Å². The Bertz CT molecular complexity index is 173. The van der Waals surface area contributed by atoms with Crippen molar-refractivity contribution in [1.29, 1.82) is 0 Å². The van der Waals surface area contributed by atoms with E-state index in [9.17, 15) is 0 Å². The van der Waals surface area contributed by atoms with Crippen LogP contribution in [0, 0.1) is 5.92 Å². The molecule has 0 bridgehead atoms. The molecule has 0 radical (unpaired) electrons. The molecule has 0 spiro atoms. The molecule has 2 unspecified atom stereocenters. The van der Waals surface area contributed by atoms with Crippen molar-refractivity contribution < 1.29 is 10.3 Å². The second kappa shape index (κ2) is 7.58. The molecular formula is C9H21N3O2. The van der Waals surface area contributed by atoms with Gasteiger partial charge in [0.1, 0.15) is 5.84 Å². The van der Waals surface area contributed by atoms with Crippen LogP contribution in [0.2, 0.25) is 0 Å². The molecule has 0 heterocycles. The Labute approximate surface area is 85.0 Å². The van der Waals surface area contributed by atoms with Crippen LogP contribution in [0.5, 0.6) is 0 Å². The number of hydrogen-bond acceptors (Lipinski definition) is 4. The average molecular weight is 203 g/mol. The number of nitrogens with two attached hydrogens (primary N) is 1. The molecule has 0 aliphatic carbocycles. The molecule has 0 fully saturated rings. The summed E-state index contributed by atoms with van der Waals surface area (Å²) in [5.74, 6) is 0.470. The highest BCUT2D eigenvalue weighted by molar-refractivity contribution is 5.80. The Balaban J connectivity index is 3.79. The van der Waals surface area contributed by atoms with Crippen LogP contribution in [0.15, 0.2) is 5.16 Å². The normalized spacial score (nSPS) is 16.6. The Morgan fingerprint density at radius 3 is 2.64 bits per heavy atom. The lowest BCUT2D eigenvalue weighted by atomic mass is 10.1. The van der Waals surface area contributed by atoms with E-state index in [0.717, 1.165) is 13.0 Å². The summed E-state index contributed by atoms with van der Waals surface area (Å²) in [4.78, 5) is 0. The van der Waals surface area contributed by atoms with Crippen LogP contribution >= 0.6 is 0 Å². The van der Waals surface area contributed by atoms with Crippen molar-refractivity contribution in [3.8, 4) is 0 Å². The molecule has 84 valence electrons. The molecule has 2 atom stereocenters. The number of rotatable bonds is 7. The molecule has 0 aromatic rings. The summed E-state index contributed by atoms with van der Waals surface area (Å²) in [6, 6.07) is 0.208. The van der Waals surface area contributed by atoms with Crippen LogP contribution in [0.4, 0.5) is 0 Å². The molecule has 0 aromatic heterocycles. The summed E-state index contributed by atoms with van der Waals surface area (Å²) in [5.41, 5.74) is 5.40. The molecule has 0 aromatic carbocycles. The minimum atomic E-state index is 0.174. The molecule has 0 saturated heterocycles. The topological polar surface area (TPSA) is 90.9 Å². The van der Waals surface area contributed by atoms with Crippen LogP contribution in [0.3, 0.4) is 0 Å². The largest absolute Gasteiger partial charge is 0.409 e. The Kier molecular flexibility index (Phi) is 7.14. The summed E-state index contributed by atoms with van der Waals surface area (Å²) >= 11 is 0. The fourth-order valence-corrected chi connectivity index (χ4v) is 1.09. The van der Waals surface area contributed by atoms with Crippen LogP contribution in [-0.4, -0.2) is 35.3 Å². The zero-order valence-corrected chi connectivity index (χ0v) is 8.90. The first kappa shape index (κ1) is 13.2. The highest BCUT2D eigenvalue weighted by Gasteiger charge is 2.09. The van der Waals surface area contributed by atoms with E-state index in [0.29, 0.717) is 6.42 Å². The molecule has 0 amide bonds. The number of amidine groups is 1. The van der Waals surface area contributed by atoms with E-state index in [1.165, 1.54) is 0 Å². The number of oxime groups is 1. The van der Waals surface area contributed by atoms with Gasteiger partial charge >= 0.3 is 0 Å². The van der Waals surface area contributed by atoms with Gasteiger partial charge in [-0.15, -0.1) is 0 Å². The third-order valence-electron chi connectivity index (χ3n) is 2.14. The molecular weight excluding hydrogens is 182 g/mol. The summed E-state index contributed by atoms with van der Waals surface area (Å²) in [6.07, 6.45) is 1.44. The fraction of sp³-hybridized carbons (Fsp3) is 0.889. The van der Waals surface area contributed by atoms with Crippen molar-refractivity contribution >= 4 is 5.84 Å². The van der Waals surface area contributed by atoms with Gasteiger partial charge in [0.15, 0.2) is 0 Å². The van der Waals surface area contributed by atoms with Gasteiger partial charge in [0.25, 0.3) is 0 Å². The van der Waals surface area contributed by atoms with Gasteiger partial charge in [-0.1, -0.05) is 19.0 Å². The van der Waals surface area contributed by atoms with Gasteiger partial charge in [0.2, 0.25) is 0 Å². The van der Waals surface area contributed by atoms with E-state index in [1.54, 1.807) is 0 Å². The summed E-state index contributed by atoms with van der Waals surface area (Å²) in [5, 5.41) is 23.4. The third kappa shape index (κ3) is 5.77. The second-order valence-electron chi connectivity index (χ2n) is 3.60. The minimum Gasteiger partial charge on any atom is -0.409 e. The van der Waals surface area contributed by atoms with Crippen molar-refractivity contribution in [3.63, 3.8) is 0 Å². The molecule has 14 heavy (non-hydrogen) atoms. The maximum absolute atomic E-state index is 8.82. The first-order valence-electron chi connectivity index (χ1n) is 4.94. The zero-order valence-electron chi connectivity index (χ0n) is 8.90. The van der Waals surface area contributed by atoms with Crippen molar-refractivity contribution in [2.24, 2.45) is 16.8 Å². The predicted octanol–water partition coefficient (Wildman–Crippen LogP) is 0.120. The smallest absolute Gasteiger partial charge is 0.140 e. The van der Waals surface area contributed by atoms with E-state index < -0.39 is 0 Å². The maximum Gasteiger partial charge on any atom is 0.140 e. The molecule has 5 heteroatoms. The lowest BCUT2D eigenvalue weighted by Crippen LogP contribution is -2.36. The van der Waals surface area contributed by atoms with Gasteiger partial charge in [-0.3, -0.25) is 0 Å². The third-order valence-corrected chi connectivity index (χ3v) is 2.14. The van der Waals surface area contributed by atoms with Crippen LogP contribution in [0.25, 0.3) is 0 Å². The van der Waals surface area contributed by atoms with E-state index in [-0.39, 0.29) is 24.4 Å². The molecule has 5 N–H and O–H groups in total. The SMILES string of the molecule is CCC(CC(N)=NO)NCC(C)CO. The lowest BCUT2D eigenvalue weighted by Gasteiger charge is -2.18. The van der Waals surface area contributed by atoms with E-state index in [2.05, 4.69) is 10.5 Å².